The van der Waals surface area contributed by atoms with Gasteiger partial charge in [-0.15, -0.1) is 0 Å². The second kappa shape index (κ2) is 7.34. The molecule has 0 aromatic carbocycles. The number of nitrogens with zero attached hydrogens (tertiary/aromatic N) is 3. The van der Waals surface area contributed by atoms with E-state index in [2.05, 4.69) is 20.2 Å². The molecule has 7 heteroatoms. The van der Waals surface area contributed by atoms with Crippen LogP contribution in [0, 0.1) is 6.92 Å². The van der Waals surface area contributed by atoms with Crippen LogP contribution in [0.15, 0.2) is 6.20 Å². The molecule has 1 saturated heterocycles. The maximum absolute atomic E-state index is 11.8. The zero-order valence-corrected chi connectivity index (χ0v) is 15.0. The van der Waals surface area contributed by atoms with Crippen LogP contribution in [0.25, 0.3) is 0 Å². The summed E-state index contributed by atoms with van der Waals surface area (Å²) in [4.78, 5) is 22.7. The third-order valence-electron chi connectivity index (χ3n) is 3.66. The van der Waals surface area contributed by atoms with Crippen LogP contribution < -0.4 is 10.2 Å². The number of nitrogens with one attached hydrogen (secondary N) is 1. The minimum atomic E-state index is -0.496. The number of ether oxygens (including phenoxy) is 1. The first-order chi connectivity index (χ1) is 10.8. The third kappa shape index (κ3) is 5.23. The van der Waals surface area contributed by atoms with E-state index in [0.29, 0.717) is 17.6 Å². The molecule has 2 heterocycles. The van der Waals surface area contributed by atoms with E-state index < -0.39 is 11.7 Å². The Bertz CT molecular complexity index is 560. The van der Waals surface area contributed by atoms with E-state index in [1.165, 1.54) is 0 Å². The Morgan fingerprint density at radius 3 is 2.87 bits per heavy atom. The molecule has 1 aliphatic heterocycles. The molecule has 1 aromatic rings. The van der Waals surface area contributed by atoms with Crippen molar-refractivity contribution < 1.29 is 9.53 Å². The van der Waals surface area contributed by atoms with E-state index in [0.717, 1.165) is 31.4 Å². The van der Waals surface area contributed by atoms with Crippen LogP contribution in [-0.4, -0.2) is 40.8 Å². The summed E-state index contributed by atoms with van der Waals surface area (Å²) in [7, 11) is 0. The molecule has 2 rings (SSSR count). The molecule has 0 spiro atoms. The summed E-state index contributed by atoms with van der Waals surface area (Å²) in [6.07, 6.45) is 4.52. The van der Waals surface area contributed by atoms with Crippen molar-refractivity contribution in [1.82, 2.24) is 15.3 Å². The molecule has 0 unspecified atom stereocenters. The lowest BCUT2D eigenvalue weighted by Gasteiger charge is -2.36. The van der Waals surface area contributed by atoms with E-state index >= 15 is 0 Å². The highest BCUT2D eigenvalue weighted by Gasteiger charge is 2.26. The highest BCUT2D eigenvalue weighted by molar-refractivity contribution is 6.30. The molecule has 1 amide bonds. The molecule has 1 aromatic heterocycles. The van der Waals surface area contributed by atoms with Crippen molar-refractivity contribution in [2.24, 2.45) is 0 Å². The quantitative estimate of drug-likeness (QED) is 0.855. The number of carbonyl (C=O) groups is 1. The molecule has 0 radical (unpaired) electrons. The predicted octanol–water partition coefficient (Wildman–Crippen LogP) is 3.32. The standard InChI is InChI=1S/C16H25ClN4O2/c1-11-9-18-14(20-13(11)17)21-8-6-5-7-12(21)10-19-15(22)23-16(2,3)4/h9,12H,5-8,10H2,1-4H3,(H,19,22)/t12-/m0/s1. The van der Waals surface area contributed by atoms with Gasteiger partial charge in [-0.05, 0) is 47.0 Å². The molecule has 6 nitrogen and oxygen atoms in total. The number of aromatic nitrogens is 2. The lowest BCUT2D eigenvalue weighted by Crippen LogP contribution is -2.48. The van der Waals surface area contributed by atoms with Gasteiger partial charge in [-0.2, -0.15) is 0 Å². The smallest absolute Gasteiger partial charge is 0.407 e. The lowest BCUT2D eigenvalue weighted by molar-refractivity contribution is 0.0522. The zero-order valence-electron chi connectivity index (χ0n) is 14.2. The highest BCUT2D eigenvalue weighted by Crippen LogP contribution is 2.23. The highest BCUT2D eigenvalue weighted by atomic mass is 35.5. The van der Waals surface area contributed by atoms with Crippen molar-refractivity contribution in [2.75, 3.05) is 18.0 Å². The van der Waals surface area contributed by atoms with Gasteiger partial charge in [0.05, 0.1) is 0 Å². The fourth-order valence-electron chi connectivity index (χ4n) is 2.54. The van der Waals surface area contributed by atoms with Crippen LogP contribution in [0.5, 0.6) is 0 Å². The Morgan fingerprint density at radius 1 is 1.48 bits per heavy atom. The molecule has 23 heavy (non-hydrogen) atoms. The van der Waals surface area contributed by atoms with Crippen molar-refractivity contribution in [3.8, 4) is 0 Å². The van der Waals surface area contributed by atoms with E-state index in [4.69, 9.17) is 16.3 Å². The van der Waals surface area contributed by atoms with Crippen molar-refractivity contribution in [1.29, 1.82) is 0 Å². The van der Waals surface area contributed by atoms with Gasteiger partial charge in [0, 0.05) is 30.9 Å². The SMILES string of the molecule is Cc1cnc(N2CCCC[C@H]2CNC(=O)OC(C)(C)C)nc1Cl. The minimum absolute atomic E-state index is 0.148. The number of amides is 1. The molecular formula is C16H25ClN4O2. The fourth-order valence-corrected chi connectivity index (χ4v) is 2.67. The average molecular weight is 341 g/mol. The van der Waals surface area contributed by atoms with Gasteiger partial charge in [0.15, 0.2) is 0 Å². The summed E-state index contributed by atoms with van der Waals surface area (Å²) in [6.45, 7) is 8.79. The predicted molar refractivity (Wildman–Crippen MR) is 91.0 cm³/mol. The first-order valence-electron chi connectivity index (χ1n) is 7.99. The molecule has 0 saturated carbocycles. The second-order valence-corrected chi connectivity index (χ2v) is 7.23. The maximum atomic E-state index is 11.8. The van der Waals surface area contributed by atoms with E-state index in [9.17, 15) is 4.79 Å². The Kier molecular flexibility index (Phi) is 5.68. The first kappa shape index (κ1) is 17.8. The monoisotopic (exact) mass is 340 g/mol. The number of halogens is 1. The zero-order chi connectivity index (χ0) is 17.0. The molecule has 1 N–H and O–H groups in total. The number of carbonyl (C=O) groups excluding carboxylic acids is 1. The van der Waals surface area contributed by atoms with Crippen molar-refractivity contribution >= 4 is 23.6 Å². The van der Waals surface area contributed by atoms with Crippen molar-refractivity contribution in [2.45, 2.75) is 58.6 Å². The van der Waals surface area contributed by atoms with Gasteiger partial charge in [-0.25, -0.2) is 14.8 Å². The van der Waals surface area contributed by atoms with Crippen LogP contribution in [0.1, 0.15) is 45.6 Å². The van der Waals surface area contributed by atoms with E-state index in [1.807, 2.05) is 27.7 Å². The molecule has 0 aliphatic carbocycles. The molecular weight excluding hydrogens is 316 g/mol. The third-order valence-corrected chi connectivity index (χ3v) is 4.04. The summed E-state index contributed by atoms with van der Waals surface area (Å²) in [6, 6.07) is 0.148. The number of aryl methyl sites for hydroxylation is 1. The van der Waals surface area contributed by atoms with Gasteiger partial charge < -0.3 is 15.0 Å². The van der Waals surface area contributed by atoms with Gasteiger partial charge in [0.25, 0.3) is 0 Å². The fraction of sp³-hybridized carbons (Fsp3) is 0.688. The van der Waals surface area contributed by atoms with Gasteiger partial charge in [-0.3, -0.25) is 0 Å². The number of alkyl carbamates (subject to hydrolysis) is 1. The molecule has 1 fully saturated rings. The minimum Gasteiger partial charge on any atom is -0.444 e. The summed E-state index contributed by atoms with van der Waals surface area (Å²) in [5.74, 6) is 0.622. The normalized spacial score (nSPS) is 18.7. The maximum Gasteiger partial charge on any atom is 0.407 e. The summed E-state index contributed by atoms with van der Waals surface area (Å²) in [5, 5.41) is 3.31. The van der Waals surface area contributed by atoms with Gasteiger partial charge in [0.2, 0.25) is 5.95 Å². The number of hydrogen-bond donors (Lipinski definition) is 1. The van der Waals surface area contributed by atoms with Gasteiger partial charge in [0.1, 0.15) is 10.8 Å². The average Bonchev–Trinajstić information content (AvgIpc) is 2.47. The summed E-state index contributed by atoms with van der Waals surface area (Å²) in [5.41, 5.74) is 0.361. The van der Waals surface area contributed by atoms with Crippen LogP contribution in [0.4, 0.5) is 10.7 Å². The lowest BCUT2D eigenvalue weighted by atomic mass is 10.0. The van der Waals surface area contributed by atoms with E-state index in [-0.39, 0.29) is 6.04 Å². The van der Waals surface area contributed by atoms with Crippen molar-refractivity contribution in [3.05, 3.63) is 16.9 Å². The molecule has 128 valence electrons. The largest absolute Gasteiger partial charge is 0.444 e. The number of piperidine rings is 1. The van der Waals surface area contributed by atoms with Crippen LogP contribution in [0.3, 0.4) is 0 Å². The van der Waals surface area contributed by atoms with Crippen LogP contribution in [0.2, 0.25) is 5.15 Å². The molecule has 1 aliphatic rings. The molecule has 1 atom stereocenters. The Labute approximate surface area is 142 Å². The summed E-state index contributed by atoms with van der Waals surface area (Å²) < 4.78 is 5.28. The van der Waals surface area contributed by atoms with Gasteiger partial charge in [-0.1, -0.05) is 11.6 Å². The van der Waals surface area contributed by atoms with Crippen molar-refractivity contribution in [3.63, 3.8) is 0 Å². The number of hydrogen-bond acceptors (Lipinski definition) is 5. The van der Waals surface area contributed by atoms with Gasteiger partial charge >= 0.3 is 6.09 Å². The number of anilines is 1. The van der Waals surface area contributed by atoms with E-state index in [1.54, 1.807) is 6.20 Å². The second-order valence-electron chi connectivity index (χ2n) is 6.87. The Hall–Kier alpha value is -1.56. The Morgan fingerprint density at radius 2 is 2.22 bits per heavy atom. The summed E-state index contributed by atoms with van der Waals surface area (Å²) >= 11 is 6.11. The Balaban J connectivity index is 2.01. The molecule has 0 bridgehead atoms. The first-order valence-corrected chi connectivity index (χ1v) is 8.37. The van der Waals surface area contributed by atoms with Crippen LogP contribution >= 0.6 is 11.6 Å². The number of rotatable bonds is 3. The van der Waals surface area contributed by atoms with Crippen LogP contribution in [-0.2, 0) is 4.74 Å². The topological polar surface area (TPSA) is 67.4 Å².